The predicted molar refractivity (Wildman–Crippen MR) is 88.0 cm³/mol. The lowest BCUT2D eigenvalue weighted by Crippen LogP contribution is -2.19. The van der Waals surface area contributed by atoms with Gasteiger partial charge in [-0.3, -0.25) is 0 Å². The van der Waals surface area contributed by atoms with Crippen molar-refractivity contribution in [2.24, 2.45) is 0 Å². The molecule has 0 saturated carbocycles. The van der Waals surface area contributed by atoms with Gasteiger partial charge in [-0.15, -0.1) is 0 Å². The Morgan fingerprint density at radius 3 is 2.52 bits per heavy atom. The zero-order chi connectivity index (χ0) is 15.4. The predicted octanol–water partition coefficient (Wildman–Crippen LogP) is 5.17. The molecule has 2 rings (SSSR count). The van der Waals surface area contributed by atoms with Gasteiger partial charge in [0, 0.05) is 11.6 Å². The monoisotopic (exact) mass is 285 g/mol. The molecule has 0 aliphatic carbocycles. The molecule has 0 radical (unpaired) electrons. The zero-order valence-corrected chi connectivity index (χ0v) is 13.3. The van der Waals surface area contributed by atoms with Gasteiger partial charge in [0.15, 0.2) is 0 Å². The molecule has 1 N–H and O–H groups in total. The highest BCUT2D eigenvalue weighted by atomic mass is 19.1. The number of benzene rings is 2. The van der Waals surface area contributed by atoms with E-state index < -0.39 is 0 Å². The highest BCUT2D eigenvalue weighted by Crippen LogP contribution is 2.29. The quantitative estimate of drug-likeness (QED) is 0.799. The molecule has 1 unspecified atom stereocenters. The van der Waals surface area contributed by atoms with Crippen LogP contribution in [0.3, 0.4) is 0 Å². The third-order valence-corrected chi connectivity index (χ3v) is 3.87. The van der Waals surface area contributed by atoms with Crippen LogP contribution in [-0.4, -0.2) is 6.54 Å². The molecule has 0 aliphatic heterocycles. The number of hydrogen-bond donors (Lipinski definition) is 1. The molecule has 2 aromatic carbocycles. The van der Waals surface area contributed by atoms with Crippen LogP contribution in [0.15, 0.2) is 36.4 Å². The van der Waals surface area contributed by atoms with E-state index in [0.29, 0.717) is 5.56 Å². The Morgan fingerprint density at radius 2 is 1.81 bits per heavy atom. The molecule has 0 amide bonds. The van der Waals surface area contributed by atoms with Crippen LogP contribution in [0.2, 0.25) is 0 Å². The molecule has 0 aliphatic rings. The smallest absolute Gasteiger partial charge is 0.131 e. The lowest BCUT2D eigenvalue weighted by atomic mass is 9.95. The minimum Gasteiger partial charge on any atom is -0.310 e. The molecule has 0 saturated heterocycles. The van der Waals surface area contributed by atoms with Crippen LogP contribution in [0.25, 0.3) is 11.1 Å². The van der Waals surface area contributed by atoms with Crippen molar-refractivity contribution in [2.75, 3.05) is 6.54 Å². The lowest BCUT2D eigenvalue weighted by Gasteiger charge is -2.16. The van der Waals surface area contributed by atoms with Crippen LogP contribution in [0.1, 0.15) is 43.0 Å². The molecule has 1 atom stereocenters. The van der Waals surface area contributed by atoms with Crippen LogP contribution in [0, 0.1) is 19.7 Å². The van der Waals surface area contributed by atoms with Gasteiger partial charge in [0.25, 0.3) is 0 Å². The second-order valence-electron chi connectivity index (χ2n) is 5.73. The third kappa shape index (κ3) is 3.70. The number of halogens is 1. The highest BCUT2D eigenvalue weighted by Gasteiger charge is 2.12. The third-order valence-electron chi connectivity index (χ3n) is 3.87. The summed E-state index contributed by atoms with van der Waals surface area (Å²) in [6.07, 6.45) is 1.09. The first-order valence-electron chi connectivity index (χ1n) is 7.63. The Labute approximate surface area is 127 Å². The first-order chi connectivity index (χ1) is 10.0. The molecule has 112 valence electrons. The Bertz CT molecular complexity index is 619. The molecule has 0 fully saturated rings. The molecule has 0 aromatic heterocycles. The summed E-state index contributed by atoms with van der Waals surface area (Å²) >= 11 is 0. The summed E-state index contributed by atoms with van der Waals surface area (Å²) in [4.78, 5) is 0. The fraction of sp³-hybridized carbons (Fsp3) is 0.368. The molecule has 0 spiro atoms. The maximum absolute atomic E-state index is 14.3. The van der Waals surface area contributed by atoms with E-state index in [1.807, 2.05) is 26.0 Å². The maximum Gasteiger partial charge on any atom is 0.131 e. The van der Waals surface area contributed by atoms with Crippen molar-refractivity contribution in [1.29, 1.82) is 0 Å². The molecule has 2 aromatic rings. The number of aryl methyl sites for hydroxylation is 2. The van der Waals surface area contributed by atoms with Crippen molar-refractivity contribution < 1.29 is 4.39 Å². The summed E-state index contributed by atoms with van der Waals surface area (Å²) in [7, 11) is 0. The average Bonchev–Trinajstić information content (AvgIpc) is 2.48. The van der Waals surface area contributed by atoms with E-state index in [4.69, 9.17) is 0 Å². The zero-order valence-electron chi connectivity index (χ0n) is 13.3. The van der Waals surface area contributed by atoms with E-state index in [1.54, 1.807) is 6.07 Å². The van der Waals surface area contributed by atoms with Gasteiger partial charge < -0.3 is 5.32 Å². The molecule has 1 nitrogen and oxygen atoms in total. The first kappa shape index (κ1) is 15.7. The number of hydrogen-bond acceptors (Lipinski definition) is 1. The minimum atomic E-state index is -0.157. The van der Waals surface area contributed by atoms with Gasteiger partial charge in [-0.2, -0.15) is 0 Å². The van der Waals surface area contributed by atoms with E-state index in [-0.39, 0.29) is 11.9 Å². The second kappa shape index (κ2) is 6.86. The second-order valence-corrected chi connectivity index (χ2v) is 5.73. The van der Waals surface area contributed by atoms with Gasteiger partial charge in [0.05, 0.1) is 0 Å². The number of rotatable bonds is 5. The Morgan fingerprint density at radius 1 is 1.05 bits per heavy atom. The topological polar surface area (TPSA) is 12.0 Å². The highest BCUT2D eigenvalue weighted by molar-refractivity contribution is 5.69. The van der Waals surface area contributed by atoms with E-state index in [1.165, 1.54) is 0 Å². The summed E-state index contributed by atoms with van der Waals surface area (Å²) in [6.45, 7) is 9.30. The molecule has 2 heteroatoms. The molecular weight excluding hydrogens is 261 g/mol. The van der Waals surface area contributed by atoms with E-state index >= 15 is 0 Å². The van der Waals surface area contributed by atoms with Crippen LogP contribution in [-0.2, 0) is 0 Å². The van der Waals surface area contributed by atoms with Gasteiger partial charge in [-0.1, -0.05) is 36.8 Å². The summed E-state index contributed by atoms with van der Waals surface area (Å²) in [5.74, 6) is -0.157. The summed E-state index contributed by atoms with van der Waals surface area (Å²) in [6, 6.07) is 11.8. The number of nitrogens with one attached hydrogen (secondary N) is 1. The van der Waals surface area contributed by atoms with Crippen molar-refractivity contribution in [2.45, 2.75) is 40.2 Å². The van der Waals surface area contributed by atoms with Crippen molar-refractivity contribution in [3.63, 3.8) is 0 Å². The van der Waals surface area contributed by atoms with Gasteiger partial charge in [-0.25, -0.2) is 4.39 Å². The van der Waals surface area contributed by atoms with Gasteiger partial charge in [-0.05, 0) is 62.6 Å². The molecule has 0 heterocycles. The normalized spacial score (nSPS) is 12.4. The fourth-order valence-corrected chi connectivity index (χ4v) is 2.52. The van der Waals surface area contributed by atoms with Crippen molar-refractivity contribution in [3.8, 4) is 11.1 Å². The average molecular weight is 285 g/mol. The lowest BCUT2D eigenvalue weighted by molar-refractivity contribution is 0.568. The largest absolute Gasteiger partial charge is 0.310 e. The van der Waals surface area contributed by atoms with Crippen LogP contribution < -0.4 is 5.32 Å². The first-order valence-corrected chi connectivity index (χ1v) is 7.63. The van der Waals surface area contributed by atoms with Crippen LogP contribution in [0.5, 0.6) is 0 Å². The van der Waals surface area contributed by atoms with Gasteiger partial charge in [0.2, 0.25) is 0 Å². The Kier molecular flexibility index (Phi) is 5.13. The Balaban J connectivity index is 2.41. The summed E-state index contributed by atoms with van der Waals surface area (Å²) in [5, 5.41) is 3.45. The van der Waals surface area contributed by atoms with Gasteiger partial charge in [0.1, 0.15) is 5.82 Å². The standard InChI is InChI=1S/C19H24FN/c1-5-10-21-15(4)16-8-9-19(20)18(12-16)17-11-13(2)6-7-14(17)3/h6-9,11-12,15,21H,5,10H2,1-4H3. The van der Waals surface area contributed by atoms with E-state index in [2.05, 4.69) is 37.4 Å². The molecular formula is C19H24FN. The fourth-order valence-electron chi connectivity index (χ4n) is 2.52. The van der Waals surface area contributed by atoms with Crippen LogP contribution >= 0.6 is 0 Å². The summed E-state index contributed by atoms with van der Waals surface area (Å²) < 4.78 is 14.3. The maximum atomic E-state index is 14.3. The Hall–Kier alpha value is -1.67. The van der Waals surface area contributed by atoms with E-state index in [0.717, 1.165) is 35.2 Å². The SMILES string of the molecule is CCCNC(C)c1ccc(F)c(-c2cc(C)ccc2C)c1. The van der Waals surface area contributed by atoms with Gasteiger partial charge >= 0.3 is 0 Å². The van der Waals surface area contributed by atoms with Crippen LogP contribution in [0.4, 0.5) is 4.39 Å². The molecule has 21 heavy (non-hydrogen) atoms. The molecule has 0 bridgehead atoms. The minimum absolute atomic E-state index is 0.157. The summed E-state index contributed by atoms with van der Waals surface area (Å²) in [5.41, 5.74) is 5.06. The van der Waals surface area contributed by atoms with E-state index in [9.17, 15) is 4.39 Å². The van der Waals surface area contributed by atoms with Crippen molar-refractivity contribution in [3.05, 3.63) is 58.9 Å². The van der Waals surface area contributed by atoms with Crippen molar-refractivity contribution >= 4 is 0 Å². The van der Waals surface area contributed by atoms with Crippen molar-refractivity contribution in [1.82, 2.24) is 5.32 Å².